The fourth-order valence-corrected chi connectivity index (χ4v) is 5.02. The molecule has 9 nitrogen and oxygen atoms in total. The minimum absolute atomic E-state index is 0.0136. The van der Waals surface area contributed by atoms with Crippen molar-refractivity contribution >= 4 is 27.6 Å². The van der Waals surface area contributed by atoms with Crippen LogP contribution in [0.3, 0.4) is 0 Å². The van der Waals surface area contributed by atoms with Gasteiger partial charge in [0, 0.05) is 6.54 Å². The number of rotatable bonds is 14. The van der Waals surface area contributed by atoms with Gasteiger partial charge in [0.15, 0.2) is 0 Å². The number of anilines is 1. The molecule has 0 saturated heterocycles. The number of halogens is 1. The number of alkyl halides is 1. The maximum absolute atomic E-state index is 13.4. The van der Waals surface area contributed by atoms with Gasteiger partial charge in [-0.15, -0.1) is 0 Å². The van der Waals surface area contributed by atoms with Gasteiger partial charge < -0.3 is 20.9 Å². The molecule has 3 aromatic carbocycles. The highest BCUT2D eigenvalue weighted by Gasteiger charge is 2.26. The van der Waals surface area contributed by atoms with E-state index in [-0.39, 0.29) is 22.8 Å². The van der Waals surface area contributed by atoms with E-state index in [0.717, 1.165) is 18.4 Å². The molecule has 0 aromatic heterocycles. The van der Waals surface area contributed by atoms with Crippen LogP contribution in [-0.4, -0.2) is 44.3 Å². The van der Waals surface area contributed by atoms with Crippen molar-refractivity contribution in [3.05, 3.63) is 89.5 Å². The molecule has 0 radical (unpaired) electrons. The molecule has 39 heavy (non-hydrogen) atoms. The fourth-order valence-electron chi connectivity index (χ4n) is 3.82. The lowest BCUT2D eigenvalue weighted by Gasteiger charge is -2.20. The number of hydrogen-bond donors (Lipinski definition) is 4. The lowest BCUT2D eigenvalue weighted by molar-refractivity contribution is -0.153. The summed E-state index contributed by atoms with van der Waals surface area (Å²) in [5, 5.41) is 11.5. The lowest BCUT2D eigenvalue weighted by atomic mass is 10.0. The number of sulfonamides is 1. The highest BCUT2D eigenvalue weighted by molar-refractivity contribution is 7.89. The number of nitrogen functional groups attached to an aromatic ring is 1. The predicted molar refractivity (Wildman–Crippen MR) is 145 cm³/mol. The average Bonchev–Trinajstić information content (AvgIpc) is 2.90. The van der Waals surface area contributed by atoms with E-state index in [4.69, 9.17) is 10.8 Å². The van der Waals surface area contributed by atoms with Crippen molar-refractivity contribution in [2.24, 2.45) is 0 Å². The molecule has 0 bridgehead atoms. The Kier molecular flexibility index (Phi) is 10.4. The average molecular weight is 558 g/mol. The molecule has 1 amide bonds. The number of amides is 1. The number of carbonyl (C=O) groups excluding carboxylic acids is 1. The number of carbonyl (C=O) groups is 2. The Labute approximate surface area is 227 Å². The smallest absolute Gasteiger partial charge is 0.378 e. The van der Waals surface area contributed by atoms with E-state index in [2.05, 4.69) is 14.8 Å². The first-order valence-electron chi connectivity index (χ1n) is 12.4. The number of aryl methyl sites for hydroxylation is 2. The van der Waals surface area contributed by atoms with Gasteiger partial charge >= 0.3 is 12.3 Å². The maximum Gasteiger partial charge on any atom is 0.378 e. The number of nitrogens with two attached hydrogens (primary N) is 1. The van der Waals surface area contributed by atoms with Gasteiger partial charge in [-0.05, 0) is 68.0 Å². The summed E-state index contributed by atoms with van der Waals surface area (Å²) in [6.45, 7) is 2.19. The van der Waals surface area contributed by atoms with Crippen LogP contribution in [0.15, 0.2) is 77.7 Å². The van der Waals surface area contributed by atoms with Crippen LogP contribution in [0.2, 0.25) is 0 Å². The van der Waals surface area contributed by atoms with E-state index < -0.39 is 34.3 Å². The molecule has 0 aliphatic carbocycles. The number of carboxylic acids is 1. The molecular weight excluding hydrogens is 525 g/mol. The van der Waals surface area contributed by atoms with Crippen LogP contribution < -0.4 is 20.5 Å². The molecule has 11 heteroatoms. The zero-order valence-corrected chi connectivity index (χ0v) is 22.3. The minimum atomic E-state index is -4.04. The number of carboxylic acid groups (broad SMARTS) is 1. The summed E-state index contributed by atoms with van der Waals surface area (Å²) in [4.78, 5) is 23.8. The molecule has 3 aromatic rings. The zero-order chi connectivity index (χ0) is 28.4. The van der Waals surface area contributed by atoms with Crippen molar-refractivity contribution in [1.29, 1.82) is 0 Å². The van der Waals surface area contributed by atoms with Crippen molar-refractivity contribution in [3.8, 4) is 5.75 Å². The summed E-state index contributed by atoms with van der Waals surface area (Å²) in [6.07, 6.45) is -0.266. The molecule has 5 N–H and O–H groups in total. The minimum Gasteiger partial charge on any atom is -0.476 e. The topological polar surface area (TPSA) is 148 Å². The van der Waals surface area contributed by atoms with E-state index in [0.29, 0.717) is 18.5 Å². The van der Waals surface area contributed by atoms with Crippen molar-refractivity contribution in [1.82, 2.24) is 10.0 Å². The Morgan fingerprint density at radius 2 is 1.69 bits per heavy atom. The van der Waals surface area contributed by atoms with Gasteiger partial charge in [0.1, 0.15) is 11.8 Å². The number of nitrogens with one attached hydrogen (secondary N) is 2. The second-order valence-corrected chi connectivity index (χ2v) is 10.8. The van der Waals surface area contributed by atoms with E-state index in [9.17, 15) is 22.4 Å². The van der Waals surface area contributed by atoms with Crippen molar-refractivity contribution in [2.75, 3.05) is 12.3 Å². The molecule has 208 valence electrons. The molecule has 0 heterocycles. The number of ether oxygens (including phenoxy) is 1. The molecule has 0 fully saturated rings. The number of aliphatic carboxylic acids is 1. The quantitative estimate of drug-likeness (QED) is 0.175. The third-order valence-corrected chi connectivity index (χ3v) is 7.41. The Morgan fingerprint density at radius 1 is 1.00 bits per heavy atom. The zero-order valence-electron chi connectivity index (χ0n) is 21.5. The first kappa shape index (κ1) is 29.6. The summed E-state index contributed by atoms with van der Waals surface area (Å²) in [5.74, 6) is -2.50. The Balaban J connectivity index is 1.70. The van der Waals surface area contributed by atoms with Gasteiger partial charge in [-0.2, -0.15) is 9.11 Å². The van der Waals surface area contributed by atoms with Crippen LogP contribution in [0, 0.1) is 6.92 Å². The number of hydrogen-bond acceptors (Lipinski definition) is 6. The lowest BCUT2D eigenvalue weighted by Crippen LogP contribution is -2.48. The van der Waals surface area contributed by atoms with Crippen LogP contribution >= 0.6 is 0 Å². The van der Waals surface area contributed by atoms with Crippen LogP contribution in [0.25, 0.3) is 0 Å². The molecule has 1 unspecified atom stereocenters. The van der Waals surface area contributed by atoms with Crippen molar-refractivity contribution < 1.29 is 32.2 Å². The first-order chi connectivity index (χ1) is 18.5. The van der Waals surface area contributed by atoms with E-state index in [1.807, 2.05) is 37.3 Å². The third-order valence-electron chi connectivity index (χ3n) is 5.92. The molecule has 0 aliphatic rings. The molecule has 0 aliphatic heterocycles. The monoisotopic (exact) mass is 557 g/mol. The second-order valence-electron chi connectivity index (χ2n) is 9.07. The van der Waals surface area contributed by atoms with Gasteiger partial charge in [-0.25, -0.2) is 13.2 Å². The third kappa shape index (κ3) is 9.08. The van der Waals surface area contributed by atoms with Gasteiger partial charge in [0.05, 0.1) is 10.6 Å². The van der Waals surface area contributed by atoms with Crippen LogP contribution in [0.4, 0.5) is 10.1 Å². The number of unbranched alkanes of at least 4 members (excludes halogenated alkanes) is 1. The van der Waals surface area contributed by atoms with Crippen LogP contribution in [-0.2, 0) is 32.5 Å². The largest absolute Gasteiger partial charge is 0.476 e. The van der Waals surface area contributed by atoms with E-state index >= 15 is 0 Å². The summed E-state index contributed by atoms with van der Waals surface area (Å²) in [7, 11) is -4.04. The highest BCUT2D eigenvalue weighted by atomic mass is 32.2. The molecular formula is C28H32FN3O6S. The van der Waals surface area contributed by atoms with Crippen LogP contribution in [0.1, 0.15) is 29.5 Å². The Bertz CT molecular complexity index is 1370. The van der Waals surface area contributed by atoms with E-state index in [1.165, 1.54) is 35.9 Å². The fraction of sp³-hybridized carbons (Fsp3) is 0.286. The second kappa shape index (κ2) is 13.7. The molecule has 2 atom stereocenters. The van der Waals surface area contributed by atoms with Gasteiger partial charge in [-0.3, -0.25) is 4.79 Å². The summed E-state index contributed by atoms with van der Waals surface area (Å²) in [5.41, 5.74) is 8.37. The van der Waals surface area contributed by atoms with E-state index in [1.54, 1.807) is 12.1 Å². The summed E-state index contributed by atoms with van der Waals surface area (Å²) < 4.78 is 46.7. The maximum atomic E-state index is 13.4. The number of benzene rings is 3. The van der Waals surface area contributed by atoms with Crippen molar-refractivity contribution in [2.45, 2.75) is 49.9 Å². The first-order valence-corrected chi connectivity index (χ1v) is 13.9. The predicted octanol–water partition coefficient (Wildman–Crippen LogP) is 3.36. The van der Waals surface area contributed by atoms with Gasteiger partial charge in [-0.1, -0.05) is 54.1 Å². The summed E-state index contributed by atoms with van der Waals surface area (Å²) in [6, 6.07) is 19.1. The Morgan fingerprint density at radius 3 is 2.33 bits per heavy atom. The molecule has 3 rings (SSSR count). The van der Waals surface area contributed by atoms with Gasteiger partial charge in [0.25, 0.3) is 0 Å². The molecule has 0 spiro atoms. The van der Waals surface area contributed by atoms with Gasteiger partial charge in [0.2, 0.25) is 15.9 Å². The van der Waals surface area contributed by atoms with Crippen LogP contribution in [0.5, 0.6) is 5.75 Å². The summed E-state index contributed by atoms with van der Waals surface area (Å²) >= 11 is 0. The standard InChI is InChI=1S/C28H32FN3O6S/c1-19-10-13-22(14-11-19)39(36,37)32-24(27(33)31-16-6-5-9-20-7-3-2-4-8-20)18-21-12-15-25(23(30)17-21)38-26(29)28(34)35/h2-4,7-8,10-15,17,24,26,32H,5-6,9,16,18,30H2,1H3,(H,31,33)(H,34,35)/t24?,26-/m1/s1. The highest BCUT2D eigenvalue weighted by Crippen LogP contribution is 2.25. The van der Waals surface area contributed by atoms with Crippen molar-refractivity contribution in [3.63, 3.8) is 0 Å². The molecule has 0 saturated carbocycles. The SMILES string of the molecule is Cc1ccc(S(=O)(=O)NC(Cc2ccc(O[C@@H](F)C(=O)O)c(N)c2)C(=O)NCCCCc2ccccc2)cc1. The normalized spacial score (nSPS) is 12.9. The Hall–Kier alpha value is -3.96.